The Balaban J connectivity index is 1.33. The number of hydrogen-bond donors (Lipinski definition) is 4. The number of hydrogen-bond acceptors (Lipinski definition) is 6. The van der Waals surface area contributed by atoms with Gasteiger partial charge in [-0.2, -0.15) is 0 Å². The van der Waals surface area contributed by atoms with E-state index in [9.17, 15) is 4.79 Å². The molecule has 1 saturated heterocycles. The zero-order valence-corrected chi connectivity index (χ0v) is 19.6. The van der Waals surface area contributed by atoms with E-state index in [4.69, 9.17) is 23.2 Å². The van der Waals surface area contributed by atoms with Crippen LogP contribution in [0.3, 0.4) is 0 Å². The molecule has 4 N–H and O–H groups in total. The number of hydrazine groups is 1. The van der Waals surface area contributed by atoms with Gasteiger partial charge in [0.2, 0.25) is 0 Å². The van der Waals surface area contributed by atoms with Gasteiger partial charge in [0.1, 0.15) is 11.5 Å². The van der Waals surface area contributed by atoms with Crippen molar-refractivity contribution >= 4 is 40.5 Å². The highest BCUT2D eigenvalue weighted by Crippen LogP contribution is 2.27. The third-order valence-corrected chi connectivity index (χ3v) is 6.68. The average molecular weight is 485 g/mol. The van der Waals surface area contributed by atoms with Gasteiger partial charge in [0.15, 0.2) is 0 Å². The molecule has 3 aliphatic heterocycles. The number of nitrogens with one attached hydrogen (secondary N) is 4. The van der Waals surface area contributed by atoms with Crippen molar-refractivity contribution in [3.63, 3.8) is 0 Å². The first kappa shape index (κ1) is 21.8. The van der Waals surface area contributed by atoms with Crippen LogP contribution in [0, 0.1) is 0 Å². The second kappa shape index (κ2) is 9.45. The molecular formula is C24H26Cl2N6O. The van der Waals surface area contributed by atoms with Crippen LogP contribution < -0.4 is 26.4 Å². The van der Waals surface area contributed by atoms with Gasteiger partial charge in [0.25, 0.3) is 5.91 Å². The fraction of sp³-hybridized carbons (Fsp3) is 0.292. The number of rotatable bonds is 5. The second-order valence-corrected chi connectivity index (χ2v) is 9.19. The molecule has 1 fully saturated rings. The molecule has 9 heteroatoms. The van der Waals surface area contributed by atoms with E-state index in [0.29, 0.717) is 22.3 Å². The van der Waals surface area contributed by atoms with E-state index >= 15 is 0 Å². The first-order valence-corrected chi connectivity index (χ1v) is 11.9. The molecule has 0 unspecified atom stereocenters. The molecule has 0 bridgehead atoms. The smallest absolute Gasteiger partial charge is 0.273 e. The van der Waals surface area contributed by atoms with Gasteiger partial charge in [0.05, 0.1) is 5.70 Å². The lowest BCUT2D eigenvalue weighted by atomic mass is 10.1. The van der Waals surface area contributed by atoms with Crippen LogP contribution in [-0.2, 0) is 11.3 Å². The van der Waals surface area contributed by atoms with Crippen molar-refractivity contribution in [2.45, 2.75) is 19.4 Å². The maximum atomic E-state index is 13.0. The van der Waals surface area contributed by atoms with Crippen molar-refractivity contribution in [2.24, 2.45) is 0 Å². The van der Waals surface area contributed by atoms with Crippen LogP contribution in [0.4, 0.5) is 11.4 Å². The Hall–Kier alpha value is -3.03. The van der Waals surface area contributed by atoms with Crippen LogP contribution >= 0.6 is 23.2 Å². The lowest BCUT2D eigenvalue weighted by Crippen LogP contribution is -2.50. The number of allylic oxidation sites excluding steroid dienone is 1. The molecular weight excluding hydrogens is 459 g/mol. The molecule has 0 saturated carbocycles. The normalized spacial score (nSPS) is 17.6. The van der Waals surface area contributed by atoms with Gasteiger partial charge in [-0.25, -0.2) is 0 Å². The molecule has 0 radical (unpaired) electrons. The van der Waals surface area contributed by atoms with Gasteiger partial charge in [-0.15, -0.1) is 0 Å². The van der Waals surface area contributed by atoms with Gasteiger partial charge in [-0.05, 0) is 60.9 Å². The molecule has 0 aromatic heterocycles. The average Bonchev–Trinajstić information content (AvgIpc) is 3.37. The van der Waals surface area contributed by atoms with E-state index in [-0.39, 0.29) is 5.91 Å². The van der Waals surface area contributed by atoms with Gasteiger partial charge < -0.3 is 20.4 Å². The van der Waals surface area contributed by atoms with Crippen LogP contribution in [0.2, 0.25) is 10.0 Å². The minimum Gasteiger partial charge on any atom is -0.371 e. The maximum Gasteiger partial charge on any atom is 0.273 e. The molecule has 1 amide bonds. The van der Waals surface area contributed by atoms with Crippen LogP contribution in [0.25, 0.3) is 0 Å². The second-order valence-electron chi connectivity index (χ2n) is 8.35. The number of amides is 1. The molecule has 3 heterocycles. The molecule has 3 aliphatic rings. The molecule has 0 spiro atoms. The van der Waals surface area contributed by atoms with Crippen LogP contribution in [-0.4, -0.2) is 37.0 Å². The summed E-state index contributed by atoms with van der Waals surface area (Å²) in [5.41, 5.74) is 10.3. The summed E-state index contributed by atoms with van der Waals surface area (Å²) in [5.74, 6) is 0.617. The Morgan fingerprint density at radius 1 is 1.03 bits per heavy atom. The number of nitrogens with zero attached hydrogens (tertiary/aromatic N) is 2. The molecule has 33 heavy (non-hydrogen) atoms. The Labute approximate surface area is 203 Å². The van der Waals surface area contributed by atoms with Gasteiger partial charge in [-0.1, -0.05) is 29.3 Å². The standard InChI is InChI=1S/C24H26Cl2N6O/c25-17-6-7-20(26)16(12-17)15-32-11-8-27-23-22(32)14-21(29-30-23)24(33)28-18-4-3-5-19(13-18)31-9-1-2-10-31/h3-7,12-14,27,29-30H,1-2,8-11,15H2,(H,28,33). The van der Waals surface area contributed by atoms with Gasteiger partial charge in [-0.3, -0.25) is 15.6 Å². The highest BCUT2D eigenvalue weighted by atomic mass is 35.5. The van der Waals surface area contributed by atoms with Crippen molar-refractivity contribution < 1.29 is 4.79 Å². The van der Waals surface area contributed by atoms with E-state index in [1.165, 1.54) is 12.8 Å². The van der Waals surface area contributed by atoms with Crippen molar-refractivity contribution in [1.29, 1.82) is 0 Å². The van der Waals surface area contributed by atoms with Crippen molar-refractivity contribution in [3.8, 4) is 0 Å². The fourth-order valence-electron chi connectivity index (χ4n) is 4.37. The zero-order valence-electron chi connectivity index (χ0n) is 18.1. The van der Waals surface area contributed by atoms with Gasteiger partial charge in [0, 0.05) is 54.1 Å². The highest BCUT2D eigenvalue weighted by Gasteiger charge is 2.25. The Morgan fingerprint density at radius 2 is 1.88 bits per heavy atom. The number of halogens is 2. The summed E-state index contributed by atoms with van der Waals surface area (Å²) in [6.07, 6.45) is 4.28. The Bertz CT molecular complexity index is 1130. The van der Waals surface area contributed by atoms with Crippen LogP contribution in [0.1, 0.15) is 18.4 Å². The molecule has 0 atom stereocenters. The van der Waals surface area contributed by atoms with Crippen molar-refractivity contribution in [3.05, 3.63) is 81.4 Å². The lowest BCUT2D eigenvalue weighted by molar-refractivity contribution is -0.113. The molecule has 7 nitrogen and oxygen atoms in total. The quantitative estimate of drug-likeness (QED) is 0.517. The first-order valence-electron chi connectivity index (χ1n) is 11.1. The summed E-state index contributed by atoms with van der Waals surface area (Å²) in [5, 5.41) is 7.67. The summed E-state index contributed by atoms with van der Waals surface area (Å²) >= 11 is 12.6. The van der Waals surface area contributed by atoms with Crippen molar-refractivity contribution in [2.75, 3.05) is 36.4 Å². The van der Waals surface area contributed by atoms with E-state index in [1.807, 2.05) is 36.4 Å². The van der Waals surface area contributed by atoms with E-state index in [2.05, 4.69) is 37.4 Å². The van der Waals surface area contributed by atoms with Crippen LogP contribution in [0.5, 0.6) is 0 Å². The van der Waals surface area contributed by atoms with Crippen LogP contribution in [0.15, 0.2) is 65.8 Å². The number of anilines is 2. The first-order chi connectivity index (χ1) is 16.1. The Morgan fingerprint density at radius 3 is 2.73 bits per heavy atom. The predicted octanol–water partition coefficient (Wildman–Crippen LogP) is 3.80. The SMILES string of the molecule is O=C(Nc1cccc(N2CCCC2)c1)C1=CC2=C(NCCN2Cc2cc(Cl)ccc2Cl)NN1. The lowest BCUT2D eigenvalue weighted by Gasteiger charge is -2.36. The fourth-order valence-corrected chi connectivity index (χ4v) is 4.74. The summed E-state index contributed by atoms with van der Waals surface area (Å²) in [4.78, 5) is 17.6. The number of benzene rings is 2. The highest BCUT2D eigenvalue weighted by molar-refractivity contribution is 6.33. The van der Waals surface area contributed by atoms with Crippen molar-refractivity contribution in [1.82, 2.24) is 21.1 Å². The molecule has 2 aromatic carbocycles. The van der Waals surface area contributed by atoms with Gasteiger partial charge >= 0.3 is 0 Å². The van der Waals surface area contributed by atoms with E-state index in [0.717, 1.165) is 54.6 Å². The molecule has 0 aliphatic carbocycles. The molecule has 5 rings (SSSR count). The Kier molecular flexibility index (Phi) is 6.24. The van der Waals surface area contributed by atoms with E-state index < -0.39 is 0 Å². The minimum absolute atomic E-state index is 0.209. The maximum absolute atomic E-state index is 13.0. The summed E-state index contributed by atoms with van der Waals surface area (Å²) < 4.78 is 0. The largest absolute Gasteiger partial charge is 0.371 e. The summed E-state index contributed by atoms with van der Waals surface area (Å²) in [7, 11) is 0. The molecule has 2 aromatic rings. The summed E-state index contributed by atoms with van der Waals surface area (Å²) in [6.45, 7) is 4.25. The monoisotopic (exact) mass is 484 g/mol. The minimum atomic E-state index is -0.209. The topological polar surface area (TPSA) is 71.7 Å². The van der Waals surface area contributed by atoms with E-state index in [1.54, 1.807) is 6.07 Å². The predicted molar refractivity (Wildman–Crippen MR) is 133 cm³/mol. The number of carbonyl (C=O) groups is 1. The molecule has 172 valence electrons. The third-order valence-electron chi connectivity index (χ3n) is 6.07. The number of carbonyl (C=O) groups excluding carboxylic acids is 1. The summed E-state index contributed by atoms with van der Waals surface area (Å²) in [6, 6.07) is 13.5. The zero-order chi connectivity index (χ0) is 22.8. The third kappa shape index (κ3) is 4.84.